The van der Waals surface area contributed by atoms with Crippen LogP contribution in [0.1, 0.15) is 18.4 Å². The van der Waals surface area contributed by atoms with E-state index in [9.17, 15) is 9.50 Å². The van der Waals surface area contributed by atoms with Crippen molar-refractivity contribution in [3.63, 3.8) is 0 Å². The summed E-state index contributed by atoms with van der Waals surface area (Å²) in [5.74, 6) is 0.0966. The predicted molar refractivity (Wildman–Crippen MR) is 64.6 cm³/mol. The van der Waals surface area contributed by atoms with Crippen molar-refractivity contribution in [2.24, 2.45) is 5.92 Å². The van der Waals surface area contributed by atoms with Crippen molar-refractivity contribution in [2.75, 3.05) is 7.11 Å². The molecule has 1 aliphatic carbocycles. The molecule has 4 heteroatoms. The first kappa shape index (κ1) is 12.8. The first-order valence-electron chi connectivity index (χ1n) is 5.76. The molecular formula is C13H16ClFO2. The molecule has 0 aliphatic heterocycles. The third-order valence-corrected chi connectivity index (χ3v) is 3.54. The number of rotatable bonds is 5. The van der Waals surface area contributed by atoms with E-state index in [-0.39, 0.29) is 11.9 Å². The van der Waals surface area contributed by atoms with E-state index < -0.39 is 6.10 Å². The highest BCUT2D eigenvalue weighted by atomic mass is 35.5. The number of aliphatic hydroxyl groups is 1. The third-order valence-electron chi connectivity index (χ3n) is 3.17. The number of hydrogen-bond donors (Lipinski definition) is 1. The van der Waals surface area contributed by atoms with Crippen LogP contribution in [0.3, 0.4) is 0 Å². The van der Waals surface area contributed by atoms with Gasteiger partial charge in [0, 0.05) is 18.6 Å². The minimum atomic E-state index is -0.633. The Balaban J connectivity index is 2.05. The Labute approximate surface area is 105 Å². The molecule has 0 radical (unpaired) electrons. The van der Waals surface area contributed by atoms with Crippen LogP contribution in [0.2, 0.25) is 5.02 Å². The predicted octanol–water partition coefficient (Wildman–Crippen LogP) is 2.81. The first-order valence-corrected chi connectivity index (χ1v) is 6.14. The van der Waals surface area contributed by atoms with Gasteiger partial charge in [-0.2, -0.15) is 0 Å². The van der Waals surface area contributed by atoms with Gasteiger partial charge in [0.15, 0.2) is 0 Å². The van der Waals surface area contributed by atoms with Crippen LogP contribution in [0.15, 0.2) is 18.2 Å². The van der Waals surface area contributed by atoms with E-state index in [4.69, 9.17) is 16.3 Å². The van der Waals surface area contributed by atoms with Crippen molar-refractivity contribution in [1.82, 2.24) is 0 Å². The molecule has 1 saturated carbocycles. The zero-order chi connectivity index (χ0) is 12.4. The number of benzene rings is 1. The van der Waals surface area contributed by atoms with Crippen molar-refractivity contribution in [3.05, 3.63) is 34.6 Å². The molecule has 0 amide bonds. The van der Waals surface area contributed by atoms with Gasteiger partial charge < -0.3 is 9.84 Å². The van der Waals surface area contributed by atoms with Crippen LogP contribution >= 0.6 is 11.6 Å². The first-order chi connectivity index (χ1) is 8.11. The van der Waals surface area contributed by atoms with Gasteiger partial charge in [0.25, 0.3) is 0 Å². The normalized spacial score (nSPS) is 19.1. The average molecular weight is 259 g/mol. The maximum absolute atomic E-state index is 13.1. The third kappa shape index (κ3) is 3.18. The Bertz CT molecular complexity index is 393. The summed E-state index contributed by atoms with van der Waals surface area (Å²) in [6.45, 7) is 0. The molecule has 0 heterocycles. The van der Waals surface area contributed by atoms with Crippen LogP contribution < -0.4 is 0 Å². The summed E-state index contributed by atoms with van der Waals surface area (Å²) in [6.07, 6.45) is 1.70. The lowest BCUT2D eigenvalue weighted by molar-refractivity contribution is -0.0237. The number of ether oxygens (including phenoxy) is 1. The second-order valence-corrected chi connectivity index (χ2v) is 4.95. The number of hydrogen-bond acceptors (Lipinski definition) is 2. The fourth-order valence-electron chi connectivity index (χ4n) is 2.13. The molecule has 1 aliphatic rings. The lowest BCUT2D eigenvalue weighted by Gasteiger charge is -2.21. The highest BCUT2D eigenvalue weighted by molar-refractivity contribution is 6.31. The second kappa shape index (κ2) is 5.34. The van der Waals surface area contributed by atoms with Crippen LogP contribution in [-0.4, -0.2) is 24.4 Å². The molecule has 2 rings (SSSR count). The zero-order valence-electron chi connectivity index (χ0n) is 9.70. The molecule has 2 atom stereocenters. The molecule has 1 aromatic rings. The van der Waals surface area contributed by atoms with Crippen LogP contribution in [0.4, 0.5) is 4.39 Å². The maximum atomic E-state index is 13.1. The van der Waals surface area contributed by atoms with Crippen molar-refractivity contribution >= 4 is 11.6 Å². The molecule has 0 bridgehead atoms. The molecular weight excluding hydrogens is 243 g/mol. The van der Waals surface area contributed by atoms with Gasteiger partial charge in [0.05, 0.1) is 12.2 Å². The molecule has 1 N–H and O–H groups in total. The van der Waals surface area contributed by atoms with Gasteiger partial charge >= 0.3 is 0 Å². The van der Waals surface area contributed by atoms with E-state index in [0.717, 1.165) is 12.8 Å². The molecule has 17 heavy (non-hydrogen) atoms. The van der Waals surface area contributed by atoms with Gasteiger partial charge in [-0.25, -0.2) is 4.39 Å². The second-order valence-electron chi connectivity index (χ2n) is 4.54. The highest BCUT2D eigenvalue weighted by Crippen LogP contribution is 2.36. The summed E-state index contributed by atoms with van der Waals surface area (Å²) in [4.78, 5) is 0. The lowest BCUT2D eigenvalue weighted by Crippen LogP contribution is -2.31. The number of halogens is 2. The Hall–Kier alpha value is -0.640. The van der Waals surface area contributed by atoms with Crippen molar-refractivity contribution in [1.29, 1.82) is 0 Å². The minimum Gasteiger partial charge on any atom is -0.390 e. The maximum Gasteiger partial charge on any atom is 0.123 e. The summed E-state index contributed by atoms with van der Waals surface area (Å²) in [5, 5.41) is 10.6. The van der Waals surface area contributed by atoms with Crippen LogP contribution in [0.5, 0.6) is 0 Å². The minimum absolute atomic E-state index is 0.172. The van der Waals surface area contributed by atoms with Crippen LogP contribution in [-0.2, 0) is 11.2 Å². The quantitative estimate of drug-likeness (QED) is 0.880. The van der Waals surface area contributed by atoms with Crippen molar-refractivity contribution in [3.8, 4) is 0 Å². The number of methoxy groups -OCH3 is 1. The summed E-state index contributed by atoms with van der Waals surface area (Å²) < 4.78 is 18.4. The molecule has 0 spiro atoms. The van der Waals surface area contributed by atoms with Crippen LogP contribution in [0, 0.1) is 11.7 Å². The van der Waals surface area contributed by atoms with E-state index in [1.165, 1.54) is 18.2 Å². The fourth-order valence-corrected chi connectivity index (χ4v) is 2.32. The SMILES string of the molecule is COC(C(O)Cc1cc(F)ccc1Cl)C1CC1. The smallest absolute Gasteiger partial charge is 0.123 e. The van der Waals surface area contributed by atoms with E-state index in [2.05, 4.69) is 0 Å². The average Bonchev–Trinajstić information content (AvgIpc) is 3.09. The monoisotopic (exact) mass is 258 g/mol. The molecule has 0 aromatic heterocycles. The van der Waals surface area contributed by atoms with E-state index in [1.54, 1.807) is 7.11 Å². The summed E-state index contributed by atoms with van der Waals surface area (Å²) in [5.41, 5.74) is 0.627. The Morgan fingerprint density at radius 1 is 1.53 bits per heavy atom. The van der Waals surface area contributed by atoms with Crippen LogP contribution in [0.25, 0.3) is 0 Å². The topological polar surface area (TPSA) is 29.5 Å². The van der Waals surface area contributed by atoms with Gasteiger partial charge in [-0.05, 0) is 42.5 Å². The highest BCUT2D eigenvalue weighted by Gasteiger charge is 2.36. The number of aliphatic hydroxyl groups excluding tert-OH is 1. The van der Waals surface area contributed by atoms with Gasteiger partial charge in [0.2, 0.25) is 0 Å². The molecule has 94 valence electrons. The van der Waals surface area contributed by atoms with Gasteiger partial charge in [-0.3, -0.25) is 0 Å². The standard InChI is InChI=1S/C13H16ClFO2/c1-17-13(8-2-3-8)12(16)7-9-6-10(15)4-5-11(9)14/h4-6,8,12-13,16H,2-3,7H2,1H3. The summed E-state index contributed by atoms with van der Waals surface area (Å²) in [7, 11) is 1.60. The molecule has 0 saturated heterocycles. The van der Waals surface area contributed by atoms with Gasteiger partial charge in [-0.15, -0.1) is 0 Å². The Morgan fingerprint density at radius 3 is 2.82 bits per heavy atom. The zero-order valence-corrected chi connectivity index (χ0v) is 10.5. The van der Waals surface area contributed by atoms with Crippen molar-refractivity contribution < 1.29 is 14.2 Å². The Kier molecular flexibility index (Phi) is 4.02. The largest absolute Gasteiger partial charge is 0.390 e. The van der Waals surface area contributed by atoms with E-state index >= 15 is 0 Å². The van der Waals surface area contributed by atoms with Gasteiger partial charge in [-0.1, -0.05) is 11.6 Å². The molecule has 1 fully saturated rings. The summed E-state index contributed by atoms with van der Waals surface area (Å²) in [6, 6.07) is 4.19. The van der Waals surface area contributed by atoms with Crippen molar-refractivity contribution in [2.45, 2.75) is 31.5 Å². The summed E-state index contributed by atoms with van der Waals surface area (Å²) >= 11 is 5.96. The molecule has 2 nitrogen and oxygen atoms in total. The molecule has 1 aromatic carbocycles. The fraction of sp³-hybridized carbons (Fsp3) is 0.538. The van der Waals surface area contributed by atoms with E-state index in [0.29, 0.717) is 22.9 Å². The van der Waals surface area contributed by atoms with E-state index in [1.807, 2.05) is 0 Å². The Morgan fingerprint density at radius 2 is 2.24 bits per heavy atom. The lowest BCUT2D eigenvalue weighted by atomic mass is 10.0. The molecule has 2 unspecified atom stereocenters. The van der Waals surface area contributed by atoms with Gasteiger partial charge in [0.1, 0.15) is 5.82 Å².